The normalized spacial score (nSPS) is 11.2. The topological polar surface area (TPSA) is 109 Å². The van der Waals surface area contributed by atoms with Crippen LogP contribution >= 0.6 is 15.9 Å². The summed E-state index contributed by atoms with van der Waals surface area (Å²) in [6.45, 7) is 0. The third-order valence-corrected chi connectivity index (χ3v) is 4.66. The van der Waals surface area contributed by atoms with Crippen LogP contribution in [0, 0.1) is 11.6 Å². The number of anilines is 2. The molecule has 0 aliphatic rings. The van der Waals surface area contributed by atoms with Gasteiger partial charge >= 0.3 is 0 Å². The number of nitrogens with zero attached hydrogens (tertiary/aromatic N) is 2. The van der Waals surface area contributed by atoms with Crippen LogP contribution in [0.4, 0.5) is 20.3 Å². The molecule has 0 fully saturated rings. The Labute approximate surface area is 184 Å². The molecule has 4 N–H and O–H groups in total. The van der Waals surface area contributed by atoms with Crippen LogP contribution in [0.2, 0.25) is 0 Å². The van der Waals surface area contributed by atoms with Crippen molar-refractivity contribution in [2.75, 3.05) is 17.7 Å². The molecule has 0 radical (unpaired) electrons. The second kappa shape index (κ2) is 9.43. The number of halogens is 3. The number of pyridine rings is 1. The molecule has 1 heterocycles. The van der Waals surface area contributed by atoms with E-state index in [1.807, 2.05) is 0 Å². The van der Waals surface area contributed by atoms with E-state index in [1.54, 1.807) is 12.1 Å². The average Bonchev–Trinajstić information content (AvgIpc) is 2.75. The van der Waals surface area contributed by atoms with Crippen molar-refractivity contribution in [1.82, 2.24) is 4.98 Å². The van der Waals surface area contributed by atoms with Crippen molar-refractivity contribution in [1.29, 1.82) is 0 Å². The Hall–Kier alpha value is -3.66. The zero-order valence-electron chi connectivity index (χ0n) is 16.1. The number of hydrogen-bond acceptors (Lipinski definition) is 4. The zero-order chi connectivity index (χ0) is 22.5. The third-order valence-electron chi connectivity index (χ3n) is 4.19. The fourth-order valence-electron chi connectivity index (χ4n) is 2.62. The van der Waals surface area contributed by atoms with E-state index in [1.165, 1.54) is 31.4 Å². The molecule has 0 saturated heterocycles. The van der Waals surface area contributed by atoms with Crippen molar-refractivity contribution in [3.63, 3.8) is 0 Å². The number of rotatable bonds is 5. The molecule has 158 valence electrons. The fraction of sp³-hybridized carbons (Fsp3) is 0.0476. The molecule has 0 atom stereocenters. The molecule has 3 aromatic rings. The Morgan fingerprint density at radius 1 is 1.00 bits per heavy atom. The van der Waals surface area contributed by atoms with Gasteiger partial charge in [0.25, 0.3) is 11.8 Å². The van der Waals surface area contributed by atoms with Gasteiger partial charge in [-0.2, -0.15) is 0 Å². The number of nitrogens with two attached hydrogens (primary N) is 1. The standard InChI is InChI=1S/C21H16BrF2N5O2/c1-26-19(25)11-2-5-14(16(24)8-11)20(30)28-17-6-4-13(23)9-15(17)21(31)29-18-7-3-12(22)10-27-18/h2-10H,1H3,(H2,25,26)(H,28,30)(H,27,29,31). The van der Waals surface area contributed by atoms with Gasteiger partial charge in [0.15, 0.2) is 0 Å². The highest BCUT2D eigenvalue weighted by molar-refractivity contribution is 9.10. The van der Waals surface area contributed by atoms with E-state index in [-0.39, 0.29) is 28.5 Å². The van der Waals surface area contributed by atoms with Crippen LogP contribution in [0.25, 0.3) is 0 Å². The Bertz CT molecular complexity index is 1180. The Morgan fingerprint density at radius 3 is 2.39 bits per heavy atom. The number of carbonyl (C=O) groups excluding carboxylic acids is 2. The summed E-state index contributed by atoms with van der Waals surface area (Å²) in [6, 6.07) is 10.2. The number of benzene rings is 2. The van der Waals surface area contributed by atoms with Gasteiger partial charge < -0.3 is 16.4 Å². The predicted molar refractivity (Wildman–Crippen MR) is 117 cm³/mol. The first kappa shape index (κ1) is 22.0. The Balaban J connectivity index is 1.86. The zero-order valence-corrected chi connectivity index (χ0v) is 17.7. The summed E-state index contributed by atoms with van der Waals surface area (Å²) in [5, 5.41) is 4.95. The molecule has 0 aliphatic heterocycles. The summed E-state index contributed by atoms with van der Waals surface area (Å²) in [5.74, 6) is -2.69. The minimum absolute atomic E-state index is 0.000812. The van der Waals surface area contributed by atoms with E-state index in [2.05, 4.69) is 36.5 Å². The van der Waals surface area contributed by atoms with Gasteiger partial charge in [-0.15, -0.1) is 0 Å². The predicted octanol–water partition coefficient (Wildman–Crippen LogP) is 3.96. The molecule has 3 rings (SSSR count). The van der Waals surface area contributed by atoms with Gasteiger partial charge in [-0.3, -0.25) is 14.6 Å². The van der Waals surface area contributed by atoms with Crippen LogP contribution in [-0.2, 0) is 0 Å². The molecule has 0 bridgehead atoms. The second-order valence-electron chi connectivity index (χ2n) is 6.26. The minimum Gasteiger partial charge on any atom is -0.384 e. The average molecular weight is 488 g/mol. The summed E-state index contributed by atoms with van der Waals surface area (Å²) >= 11 is 3.23. The van der Waals surface area contributed by atoms with E-state index < -0.39 is 23.4 Å². The lowest BCUT2D eigenvalue weighted by atomic mass is 10.1. The van der Waals surface area contributed by atoms with Crippen LogP contribution in [0.3, 0.4) is 0 Å². The summed E-state index contributed by atoms with van der Waals surface area (Å²) in [6.07, 6.45) is 1.48. The highest BCUT2D eigenvalue weighted by Crippen LogP contribution is 2.21. The van der Waals surface area contributed by atoms with E-state index >= 15 is 0 Å². The lowest BCUT2D eigenvalue weighted by Gasteiger charge is -2.12. The van der Waals surface area contributed by atoms with Crippen molar-refractivity contribution in [3.05, 3.63) is 87.5 Å². The molecule has 2 aromatic carbocycles. The Kier molecular flexibility index (Phi) is 6.71. The van der Waals surface area contributed by atoms with Gasteiger partial charge in [-0.05, 0) is 58.4 Å². The highest BCUT2D eigenvalue weighted by atomic mass is 79.9. The largest absolute Gasteiger partial charge is 0.384 e. The highest BCUT2D eigenvalue weighted by Gasteiger charge is 2.18. The summed E-state index contributed by atoms with van der Waals surface area (Å²) in [7, 11) is 1.46. The van der Waals surface area contributed by atoms with E-state index in [0.29, 0.717) is 10.0 Å². The first-order valence-electron chi connectivity index (χ1n) is 8.84. The van der Waals surface area contributed by atoms with Gasteiger partial charge in [0, 0.05) is 23.3 Å². The van der Waals surface area contributed by atoms with Gasteiger partial charge in [0.2, 0.25) is 0 Å². The van der Waals surface area contributed by atoms with Crippen LogP contribution < -0.4 is 16.4 Å². The maximum atomic E-state index is 14.4. The number of carbonyl (C=O) groups is 2. The molecule has 1 aromatic heterocycles. The van der Waals surface area contributed by atoms with Gasteiger partial charge in [-0.25, -0.2) is 13.8 Å². The number of amidine groups is 1. The molecular weight excluding hydrogens is 472 g/mol. The number of hydrogen-bond donors (Lipinski definition) is 3. The fourth-order valence-corrected chi connectivity index (χ4v) is 2.86. The number of aliphatic imine (C=N–C) groups is 1. The summed E-state index contributed by atoms with van der Waals surface area (Å²) in [4.78, 5) is 33.0. The smallest absolute Gasteiger partial charge is 0.259 e. The van der Waals surface area contributed by atoms with Crippen molar-refractivity contribution < 1.29 is 18.4 Å². The Morgan fingerprint density at radius 2 is 1.74 bits per heavy atom. The molecule has 0 saturated carbocycles. The molecule has 31 heavy (non-hydrogen) atoms. The van der Waals surface area contributed by atoms with Crippen LogP contribution in [0.15, 0.2) is 64.2 Å². The maximum absolute atomic E-state index is 14.4. The minimum atomic E-state index is -0.825. The van der Waals surface area contributed by atoms with Gasteiger partial charge in [0.1, 0.15) is 23.3 Å². The quantitative estimate of drug-likeness (QED) is 0.373. The molecule has 2 amide bonds. The van der Waals surface area contributed by atoms with Crippen molar-refractivity contribution >= 4 is 45.1 Å². The third kappa shape index (κ3) is 5.28. The van der Waals surface area contributed by atoms with Crippen molar-refractivity contribution in [2.45, 2.75) is 0 Å². The summed E-state index contributed by atoms with van der Waals surface area (Å²) in [5.41, 5.74) is 5.53. The van der Waals surface area contributed by atoms with Crippen molar-refractivity contribution in [3.8, 4) is 0 Å². The number of aromatic nitrogens is 1. The monoisotopic (exact) mass is 487 g/mol. The van der Waals surface area contributed by atoms with Gasteiger partial charge in [0.05, 0.1) is 16.8 Å². The van der Waals surface area contributed by atoms with E-state index in [4.69, 9.17) is 5.73 Å². The molecular formula is C21H16BrF2N5O2. The first-order chi connectivity index (χ1) is 14.8. The van der Waals surface area contributed by atoms with Crippen molar-refractivity contribution in [2.24, 2.45) is 10.7 Å². The number of amides is 2. The van der Waals surface area contributed by atoms with Gasteiger partial charge in [-0.1, -0.05) is 6.07 Å². The van der Waals surface area contributed by atoms with E-state index in [0.717, 1.165) is 18.2 Å². The molecule has 10 heteroatoms. The second-order valence-corrected chi connectivity index (χ2v) is 7.18. The number of nitrogens with one attached hydrogen (secondary N) is 2. The van der Waals surface area contributed by atoms with Crippen LogP contribution in [0.5, 0.6) is 0 Å². The lowest BCUT2D eigenvalue weighted by molar-refractivity contribution is 0.102. The van der Waals surface area contributed by atoms with Crippen LogP contribution in [0.1, 0.15) is 26.3 Å². The molecule has 0 unspecified atom stereocenters. The lowest BCUT2D eigenvalue weighted by Crippen LogP contribution is -2.20. The van der Waals surface area contributed by atoms with E-state index in [9.17, 15) is 18.4 Å². The first-order valence-corrected chi connectivity index (χ1v) is 9.63. The summed E-state index contributed by atoms with van der Waals surface area (Å²) < 4.78 is 28.9. The van der Waals surface area contributed by atoms with Crippen LogP contribution in [-0.4, -0.2) is 29.7 Å². The maximum Gasteiger partial charge on any atom is 0.259 e. The SMILES string of the molecule is CN=C(N)c1ccc(C(=O)Nc2ccc(F)cc2C(=O)Nc2ccc(Br)cn2)c(F)c1. The molecule has 0 spiro atoms. The molecule has 7 nitrogen and oxygen atoms in total. The molecule has 0 aliphatic carbocycles.